The zero-order chi connectivity index (χ0) is 15.3. The van der Waals surface area contributed by atoms with Crippen molar-refractivity contribution in [2.45, 2.75) is 37.1 Å². The Morgan fingerprint density at radius 3 is 2.71 bits per heavy atom. The molecule has 0 aliphatic carbocycles. The third-order valence-corrected chi connectivity index (χ3v) is 6.64. The number of thiophene rings is 2. The normalized spacial score (nSPS) is 12.1. The summed E-state index contributed by atoms with van der Waals surface area (Å²) in [5, 5.41) is 7.21. The van der Waals surface area contributed by atoms with Gasteiger partial charge >= 0.3 is 0 Å². The van der Waals surface area contributed by atoms with E-state index in [2.05, 4.69) is 23.9 Å². The van der Waals surface area contributed by atoms with Gasteiger partial charge in [0, 0.05) is 24.0 Å². The van der Waals surface area contributed by atoms with Crippen LogP contribution in [0.2, 0.25) is 0 Å². The van der Waals surface area contributed by atoms with Gasteiger partial charge in [-0.15, -0.1) is 11.3 Å². The summed E-state index contributed by atoms with van der Waals surface area (Å²) in [4.78, 5) is 1.08. The highest BCUT2D eigenvalue weighted by atomic mass is 32.2. The molecule has 0 saturated carbocycles. The third kappa shape index (κ3) is 5.19. The van der Waals surface area contributed by atoms with Crippen LogP contribution in [0.5, 0.6) is 0 Å². The predicted molar refractivity (Wildman–Crippen MR) is 89.5 cm³/mol. The van der Waals surface area contributed by atoms with Crippen LogP contribution in [0.4, 0.5) is 0 Å². The van der Waals surface area contributed by atoms with Crippen LogP contribution in [0.3, 0.4) is 0 Å². The summed E-state index contributed by atoms with van der Waals surface area (Å²) in [7, 11) is -3.40. The van der Waals surface area contributed by atoms with E-state index in [1.165, 1.54) is 11.3 Å². The Balaban J connectivity index is 1.92. The van der Waals surface area contributed by atoms with Gasteiger partial charge in [0.1, 0.15) is 4.21 Å². The minimum Gasteiger partial charge on any atom is -0.314 e. The first-order valence-corrected chi connectivity index (χ1v) is 10.0. The van der Waals surface area contributed by atoms with Gasteiger partial charge in [-0.2, -0.15) is 11.3 Å². The Morgan fingerprint density at radius 2 is 2.05 bits per heavy atom. The summed E-state index contributed by atoms with van der Waals surface area (Å²) in [6.07, 6.45) is 0.850. The molecule has 0 aliphatic heterocycles. The van der Waals surface area contributed by atoms with Gasteiger partial charge in [-0.05, 0) is 40.9 Å². The second-order valence-electron chi connectivity index (χ2n) is 5.04. The number of hydrogen-bond donors (Lipinski definition) is 2. The predicted octanol–water partition coefficient (Wildman–Crippen LogP) is 2.83. The van der Waals surface area contributed by atoms with Crippen molar-refractivity contribution >= 4 is 32.7 Å². The SMILES string of the molecule is CC(C)NCCc1ccc(S(=O)(=O)NCc2ccsc2)s1. The molecule has 0 atom stereocenters. The summed E-state index contributed by atoms with van der Waals surface area (Å²) >= 11 is 2.90. The molecule has 2 rings (SSSR count). The van der Waals surface area contributed by atoms with E-state index in [4.69, 9.17) is 0 Å². The van der Waals surface area contributed by atoms with Crippen molar-refractivity contribution in [1.82, 2.24) is 10.0 Å². The first kappa shape index (κ1) is 16.6. The molecule has 0 radical (unpaired) electrons. The van der Waals surface area contributed by atoms with Crippen molar-refractivity contribution in [2.75, 3.05) is 6.54 Å². The van der Waals surface area contributed by atoms with Gasteiger partial charge in [0.25, 0.3) is 0 Å². The summed E-state index contributed by atoms with van der Waals surface area (Å²) in [6.45, 7) is 5.39. The minimum atomic E-state index is -3.40. The first-order valence-electron chi connectivity index (χ1n) is 6.80. The summed E-state index contributed by atoms with van der Waals surface area (Å²) in [5.41, 5.74) is 0.987. The maximum absolute atomic E-state index is 12.2. The minimum absolute atomic E-state index is 0.341. The number of sulfonamides is 1. The van der Waals surface area contributed by atoms with Crippen molar-refractivity contribution in [3.05, 3.63) is 39.4 Å². The molecule has 2 N–H and O–H groups in total. The fourth-order valence-electron chi connectivity index (χ4n) is 1.76. The molecule has 4 nitrogen and oxygen atoms in total. The molecule has 0 spiro atoms. The molecule has 0 amide bonds. The van der Waals surface area contributed by atoms with E-state index < -0.39 is 10.0 Å². The largest absolute Gasteiger partial charge is 0.314 e. The van der Waals surface area contributed by atoms with Crippen LogP contribution < -0.4 is 10.0 Å². The molecule has 0 bridgehead atoms. The van der Waals surface area contributed by atoms with Crippen LogP contribution in [-0.4, -0.2) is 21.0 Å². The van der Waals surface area contributed by atoms with E-state index in [0.29, 0.717) is 16.8 Å². The van der Waals surface area contributed by atoms with Crippen molar-refractivity contribution in [1.29, 1.82) is 0 Å². The van der Waals surface area contributed by atoms with Gasteiger partial charge in [-0.25, -0.2) is 13.1 Å². The molecule has 7 heteroatoms. The maximum Gasteiger partial charge on any atom is 0.250 e. The van der Waals surface area contributed by atoms with E-state index in [9.17, 15) is 8.42 Å². The molecule has 2 heterocycles. The molecular formula is C14H20N2O2S3. The van der Waals surface area contributed by atoms with Crippen molar-refractivity contribution in [2.24, 2.45) is 0 Å². The Kier molecular flexibility index (Phi) is 5.95. The van der Waals surface area contributed by atoms with Crippen LogP contribution in [0.15, 0.2) is 33.2 Å². The zero-order valence-electron chi connectivity index (χ0n) is 12.1. The van der Waals surface area contributed by atoms with E-state index >= 15 is 0 Å². The molecule has 0 aliphatic rings. The molecule has 0 fully saturated rings. The molecule has 0 aromatic carbocycles. The Hall–Kier alpha value is -0.730. The first-order chi connectivity index (χ1) is 9.97. The standard InChI is InChI=1S/C14H20N2O2S3/c1-11(2)15-7-5-13-3-4-14(20-13)21(17,18)16-9-12-6-8-19-10-12/h3-4,6,8,10-11,15-16H,5,7,9H2,1-2H3. The summed E-state index contributed by atoms with van der Waals surface area (Å²) in [5.74, 6) is 0. The van der Waals surface area contributed by atoms with Crippen LogP contribution in [0.25, 0.3) is 0 Å². The van der Waals surface area contributed by atoms with E-state index in [1.54, 1.807) is 17.4 Å². The number of rotatable bonds is 8. The molecule has 116 valence electrons. The lowest BCUT2D eigenvalue weighted by Gasteiger charge is -2.06. The second-order valence-corrected chi connectivity index (χ2v) is 8.98. The molecule has 0 unspecified atom stereocenters. The van der Waals surface area contributed by atoms with Gasteiger partial charge in [0.2, 0.25) is 10.0 Å². The smallest absolute Gasteiger partial charge is 0.250 e. The highest BCUT2D eigenvalue weighted by Crippen LogP contribution is 2.22. The van der Waals surface area contributed by atoms with Crippen LogP contribution in [0, 0.1) is 0 Å². The van der Waals surface area contributed by atoms with Crippen molar-refractivity contribution in [3.8, 4) is 0 Å². The molecule has 21 heavy (non-hydrogen) atoms. The maximum atomic E-state index is 12.2. The van der Waals surface area contributed by atoms with Crippen LogP contribution in [-0.2, 0) is 23.0 Å². The molecule has 0 saturated heterocycles. The average molecular weight is 345 g/mol. The molecule has 2 aromatic heterocycles. The average Bonchev–Trinajstić information content (AvgIpc) is 3.07. The topological polar surface area (TPSA) is 58.2 Å². The monoisotopic (exact) mass is 344 g/mol. The van der Waals surface area contributed by atoms with Crippen LogP contribution in [0.1, 0.15) is 24.3 Å². The highest BCUT2D eigenvalue weighted by Gasteiger charge is 2.16. The Morgan fingerprint density at radius 1 is 1.24 bits per heavy atom. The lowest BCUT2D eigenvalue weighted by molar-refractivity contribution is 0.583. The van der Waals surface area contributed by atoms with Gasteiger partial charge < -0.3 is 5.32 Å². The Labute approximate surface area is 134 Å². The molecular weight excluding hydrogens is 324 g/mol. The van der Waals surface area contributed by atoms with Gasteiger partial charge in [-0.3, -0.25) is 0 Å². The van der Waals surface area contributed by atoms with E-state index in [0.717, 1.165) is 23.4 Å². The highest BCUT2D eigenvalue weighted by molar-refractivity contribution is 7.91. The van der Waals surface area contributed by atoms with Crippen LogP contribution >= 0.6 is 22.7 Å². The number of hydrogen-bond acceptors (Lipinski definition) is 5. The van der Waals surface area contributed by atoms with Crippen molar-refractivity contribution < 1.29 is 8.42 Å². The zero-order valence-corrected chi connectivity index (χ0v) is 14.6. The second kappa shape index (κ2) is 7.51. The van der Waals surface area contributed by atoms with Gasteiger partial charge in [0.15, 0.2) is 0 Å². The molecule has 2 aromatic rings. The third-order valence-electron chi connectivity index (χ3n) is 2.87. The number of nitrogens with one attached hydrogen (secondary N) is 2. The lowest BCUT2D eigenvalue weighted by atomic mass is 10.3. The van der Waals surface area contributed by atoms with Gasteiger partial charge in [0.05, 0.1) is 0 Å². The lowest BCUT2D eigenvalue weighted by Crippen LogP contribution is -2.24. The fraction of sp³-hybridized carbons (Fsp3) is 0.429. The fourth-order valence-corrected chi connectivity index (χ4v) is 4.85. The van der Waals surface area contributed by atoms with Crippen molar-refractivity contribution in [3.63, 3.8) is 0 Å². The van der Waals surface area contributed by atoms with Gasteiger partial charge in [-0.1, -0.05) is 13.8 Å². The Bertz CT molecular complexity index is 646. The quantitative estimate of drug-likeness (QED) is 0.774. The van der Waals surface area contributed by atoms with E-state index in [1.807, 2.05) is 22.9 Å². The van der Waals surface area contributed by atoms with E-state index in [-0.39, 0.29) is 0 Å². The summed E-state index contributed by atoms with van der Waals surface area (Å²) < 4.78 is 27.4. The summed E-state index contributed by atoms with van der Waals surface area (Å²) in [6, 6.07) is 5.95.